The van der Waals surface area contributed by atoms with E-state index in [9.17, 15) is 4.79 Å². The lowest BCUT2D eigenvalue weighted by Crippen LogP contribution is -2.25. The second kappa shape index (κ2) is 6.80. The van der Waals surface area contributed by atoms with Crippen LogP contribution in [0.4, 0.5) is 0 Å². The standard InChI is InChI=1S/C22H15BrN2O3/c23-18-10-20-19(27-12-28-20)9-13(18)11-24-25-22(26)21-16-7-3-1-5-14(16)15-6-2-4-8-17(15)21/h1-11,21H,12H2,(H,25,26)/b24-11-. The average molecular weight is 435 g/mol. The molecule has 1 aliphatic heterocycles. The second-order valence-electron chi connectivity index (χ2n) is 6.57. The summed E-state index contributed by atoms with van der Waals surface area (Å²) in [5.41, 5.74) is 7.67. The molecule has 0 unspecified atom stereocenters. The van der Waals surface area contributed by atoms with Crippen molar-refractivity contribution in [2.75, 3.05) is 6.79 Å². The summed E-state index contributed by atoms with van der Waals surface area (Å²) < 4.78 is 11.5. The molecule has 1 heterocycles. The number of nitrogens with zero attached hydrogens (tertiary/aromatic N) is 1. The van der Waals surface area contributed by atoms with Crippen molar-refractivity contribution in [3.8, 4) is 22.6 Å². The maximum atomic E-state index is 13.0. The minimum absolute atomic E-state index is 0.162. The van der Waals surface area contributed by atoms with E-state index < -0.39 is 0 Å². The number of rotatable bonds is 3. The van der Waals surface area contributed by atoms with E-state index in [4.69, 9.17) is 9.47 Å². The minimum Gasteiger partial charge on any atom is -0.454 e. The van der Waals surface area contributed by atoms with Crippen LogP contribution in [0.3, 0.4) is 0 Å². The van der Waals surface area contributed by atoms with Gasteiger partial charge in [-0.2, -0.15) is 5.10 Å². The first-order chi connectivity index (χ1) is 13.7. The van der Waals surface area contributed by atoms with Gasteiger partial charge in [0.15, 0.2) is 11.5 Å². The van der Waals surface area contributed by atoms with E-state index >= 15 is 0 Å². The molecular formula is C22H15BrN2O3. The quantitative estimate of drug-likeness (QED) is 0.489. The molecule has 5 nitrogen and oxygen atoms in total. The Kier molecular flexibility index (Phi) is 4.13. The Balaban J connectivity index is 1.40. The van der Waals surface area contributed by atoms with Crippen molar-refractivity contribution in [3.05, 3.63) is 81.8 Å². The maximum Gasteiger partial charge on any atom is 0.252 e. The fourth-order valence-electron chi connectivity index (χ4n) is 3.70. The Bertz CT molecular complexity index is 1080. The first-order valence-corrected chi connectivity index (χ1v) is 9.62. The Morgan fingerprint density at radius 2 is 1.61 bits per heavy atom. The van der Waals surface area contributed by atoms with Gasteiger partial charge in [0.2, 0.25) is 6.79 Å². The van der Waals surface area contributed by atoms with Crippen molar-refractivity contribution in [3.63, 3.8) is 0 Å². The van der Waals surface area contributed by atoms with Crippen molar-refractivity contribution in [1.29, 1.82) is 0 Å². The zero-order valence-electron chi connectivity index (χ0n) is 14.7. The highest BCUT2D eigenvalue weighted by Gasteiger charge is 2.33. The maximum absolute atomic E-state index is 13.0. The first kappa shape index (κ1) is 17.0. The molecule has 6 heteroatoms. The molecule has 0 radical (unpaired) electrons. The number of hydrogen-bond acceptors (Lipinski definition) is 4. The molecule has 3 aromatic rings. The van der Waals surface area contributed by atoms with Crippen LogP contribution in [0, 0.1) is 0 Å². The molecule has 0 spiro atoms. The van der Waals surface area contributed by atoms with Gasteiger partial charge in [-0.15, -0.1) is 0 Å². The summed E-state index contributed by atoms with van der Waals surface area (Å²) in [6.45, 7) is 0.208. The number of halogens is 1. The highest BCUT2D eigenvalue weighted by atomic mass is 79.9. The molecule has 3 aromatic carbocycles. The minimum atomic E-state index is -0.371. The number of amides is 1. The monoisotopic (exact) mass is 434 g/mol. The van der Waals surface area contributed by atoms with Crippen LogP contribution in [-0.2, 0) is 4.79 Å². The van der Waals surface area contributed by atoms with Crippen LogP contribution in [0.2, 0.25) is 0 Å². The summed E-state index contributed by atoms with van der Waals surface area (Å²) in [5.74, 6) is 0.817. The SMILES string of the molecule is O=C(N/N=C\c1cc2c(cc1Br)OCO2)C1c2ccccc2-c2ccccc21. The zero-order chi connectivity index (χ0) is 19.1. The zero-order valence-corrected chi connectivity index (χ0v) is 16.3. The van der Waals surface area contributed by atoms with Crippen molar-refractivity contribution >= 4 is 28.1 Å². The summed E-state index contributed by atoms with van der Waals surface area (Å²) in [4.78, 5) is 13.0. The molecule has 0 atom stereocenters. The molecule has 0 bridgehead atoms. The lowest BCUT2D eigenvalue weighted by molar-refractivity contribution is -0.121. The molecule has 2 aliphatic rings. The van der Waals surface area contributed by atoms with Gasteiger partial charge in [0, 0.05) is 10.0 Å². The van der Waals surface area contributed by atoms with Crippen molar-refractivity contribution in [1.82, 2.24) is 5.43 Å². The molecule has 138 valence electrons. The number of ether oxygens (including phenoxy) is 2. The van der Waals surface area contributed by atoms with Gasteiger partial charge in [0.1, 0.15) is 0 Å². The summed E-state index contributed by atoms with van der Waals surface area (Å²) >= 11 is 3.49. The number of carbonyl (C=O) groups excluding carboxylic acids is 1. The van der Waals surface area contributed by atoms with Crippen LogP contribution in [0.1, 0.15) is 22.6 Å². The number of hydrazone groups is 1. The Morgan fingerprint density at radius 3 is 2.29 bits per heavy atom. The van der Waals surface area contributed by atoms with Gasteiger partial charge in [0.25, 0.3) is 5.91 Å². The highest BCUT2D eigenvalue weighted by Crippen LogP contribution is 2.44. The topological polar surface area (TPSA) is 59.9 Å². The van der Waals surface area contributed by atoms with Gasteiger partial charge in [-0.3, -0.25) is 4.79 Å². The first-order valence-electron chi connectivity index (χ1n) is 8.82. The summed E-state index contributed by atoms with van der Waals surface area (Å²) in [5, 5.41) is 4.17. The third kappa shape index (κ3) is 2.77. The third-order valence-corrected chi connectivity index (χ3v) is 5.65. The smallest absolute Gasteiger partial charge is 0.252 e. The van der Waals surface area contributed by atoms with Crippen LogP contribution in [0.5, 0.6) is 11.5 Å². The number of benzene rings is 3. The van der Waals surface area contributed by atoms with E-state index in [0.717, 1.165) is 32.3 Å². The molecule has 0 saturated carbocycles. The summed E-state index contributed by atoms with van der Waals surface area (Å²) in [7, 11) is 0. The van der Waals surface area contributed by atoms with Crippen LogP contribution in [-0.4, -0.2) is 18.9 Å². The lowest BCUT2D eigenvalue weighted by atomic mass is 9.96. The molecular weight excluding hydrogens is 420 g/mol. The van der Waals surface area contributed by atoms with Crippen molar-refractivity contribution < 1.29 is 14.3 Å². The van der Waals surface area contributed by atoms with E-state index in [1.807, 2.05) is 48.5 Å². The molecule has 1 N–H and O–H groups in total. The second-order valence-corrected chi connectivity index (χ2v) is 7.42. The number of hydrogen-bond donors (Lipinski definition) is 1. The number of fused-ring (bicyclic) bond motifs is 4. The predicted octanol–water partition coefficient (Wildman–Crippen LogP) is 4.44. The van der Waals surface area contributed by atoms with E-state index in [2.05, 4.69) is 38.6 Å². The van der Waals surface area contributed by atoms with E-state index in [0.29, 0.717) is 11.5 Å². The fourth-order valence-corrected chi connectivity index (χ4v) is 4.12. The van der Waals surface area contributed by atoms with Gasteiger partial charge < -0.3 is 9.47 Å². The molecule has 5 rings (SSSR count). The molecule has 0 fully saturated rings. The van der Waals surface area contributed by atoms with Crippen LogP contribution in [0.15, 0.2) is 70.2 Å². The van der Waals surface area contributed by atoms with Gasteiger partial charge in [-0.05, 0) is 50.3 Å². The largest absolute Gasteiger partial charge is 0.454 e. The van der Waals surface area contributed by atoms with Gasteiger partial charge in [-0.1, -0.05) is 48.5 Å². The van der Waals surface area contributed by atoms with Gasteiger partial charge in [-0.25, -0.2) is 5.43 Å². The third-order valence-electron chi connectivity index (χ3n) is 4.97. The van der Waals surface area contributed by atoms with Crippen molar-refractivity contribution in [2.45, 2.75) is 5.92 Å². The normalized spacial score (nSPS) is 14.2. The number of nitrogens with one attached hydrogen (secondary N) is 1. The van der Waals surface area contributed by atoms with Gasteiger partial charge in [0.05, 0.1) is 12.1 Å². The van der Waals surface area contributed by atoms with E-state index in [1.54, 1.807) is 6.21 Å². The van der Waals surface area contributed by atoms with E-state index in [1.165, 1.54) is 0 Å². The molecule has 1 amide bonds. The molecule has 28 heavy (non-hydrogen) atoms. The van der Waals surface area contributed by atoms with Crippen LogP contribution in [0.25, 0.3) is 11.1 Å². The van der Waals surface area contributed by atoms with Crippen LogP contribution < -0.4 is 14.9 Å². The molecule has 0 aromatic heterocycles. The average Bonchev–Trinajstić information content (AvgIpc) is 3.29. The molecule has 1 aliphatic carbocycles. The highest BCUT2D eigenvalue weighted by molar-refractivity contribution is 9.10. The predicted molar refractivity (Wildman–Crippen MR) is 110 cm³/mol. The lowest BCUT2D eigenvalue weighted by Gasteiger charge is -2.11. The Labute approximate surface area is 170 Å². The van der Waals surface area contributed by atoms with E-state index in [-0.39, 0.29) is 18.6 Å². The Morgan fingerprint density at radius 1 is 1.00 bits per heavy atom. The summed E-state index contributed by atoms with van der Waals surface area (Å²) in [6.07, 6.45) is 1.59. The van der Waals surface area contributed by atoms with Gasteiger partial charge >= 0.3 is 0 Å². The summed E-state index contributed by atoms with van der Waals surface area (Å²) in [6, 6.07) is 19.6. The fraction of sp³-hybridized carbons (Fsp3) is 0.0909. The Hall–Kier alpha value is -3.12. The van der Waals surface area contributed by atoms with Crippen LogP contribution >= 0.6 is 15.9 Å². The molecule has 0 saturated heterocycles. The van der Waals surface area contributed by atoms with Crippen molar-refractivity contribution in [2.24, 2.45) is 5.10 Å². The number of carbonyl (C=O) groups is 1.